The van der Waals surface area contributed by atoms with E-state index in [9.17, 15) is 8.42 Å². The molecule has 1 aromatic carbocycles. The lowest BCUT2D eigenvalue weighted by atomic mass is 10.1. The van der Waals surface area contributed by atoms with E-state index in [0.29, 0.717) is 18.3 Å². The van der Waals surface area contributed by atoms with Gasteiger partial charge in [-0.3, -0.25) is 0 Å². The summed E-state index contributed by atoms with van der Waals surface area (Å²) in [5, 5.41) is 0.568. The van der Waals surface area contributed by atoms with Crippen LogP contribution in [-0.4, -0.2) is 42.2 Å². The number of nitrogens with zero attached hydrogens (tertiary/aromatic N) is 2. The van der Waals surface area contributed by atoms with Gasteiger partial charge in [-0.25, -0.2) is 17.7 Å². The fourth-order valence-electron chi connectivity index (χ4n) is 2.83. The lowest BCUT2D eigenvalue weighted by molar-refractivity contribution is 0.135. The Balaban J connectivity index is 1.39. The normalized spacial score (nSPS) is 21.3. The molecule has 1 aliphatic carbocycles. The number of thiazole rings is 1. The number of hydrogen-bond acceptors (Lipinski definition) is 5. The van der Waals surface area contributed by atoms with Gasteiger partial charge in [-0.15, -0.1) is 0 Å². The van der Waals surface area contributed by atoms with Gasteiger partial charge in [0.25, 0.3) is 5.19 Å². The highest BCUT2D eigenvalue weighted by molar-refractivity contribution is 7.90. The van der Waals surface area contributed by atoms with Crippen molar-refractivity contribution in [3.05, 3.63) is 24.3 Å². The van der Waals surface area contributed by atoms with Crippen molar-refractivity contribution in [3.63, 3.8) is 0 Å². The van der Waals surface area contributed by atoms with Gasteiger partial charge in [0, 0.05) is 13.1 Å². The number of rotatable bonds is 4. The standard InChI is InChI=1S/C15H18N2O3S2/c18-22(19,12-5-6-12)17-9-7-11(8-10-17)20-15-16-13-3-1-2-4-14(13)21-15/h1-4,11-12H,5-10H2. The van der Waals surface area contributed by atoms with Crippen molar-refractivity contribution in [1.82, 2.24) is 9.29 Å². The lowest BCUT2D eigenvalue weighted by Crippen LogP contribution is -2.43. The van der Waals surface area contributed by atoms with Crippen molar-refractivity contribution in [2.24, 2.45) is 0 Å². The number of piperidine rings is 1. The van der Waals surface area contributed by atoms with E-state index in [1.807, 2.05) is 24.3 Å². The summed E-state index contributed by atoms with van der Waals surface area (Å²) in [6.45, 7) is 1.13. The van der Waals surface area contributed by atoms with Gasteiger partial charge in [0.2, 0.25) is 10.0 Å². The molecule has 0 N–H and O–H groups in total. The first-order valence-electron chi connectivity index (χ1n) is 7.64. The highest BCUT2D eigenvalue weighted by Crippen LogP contribution is 2.33. The number of aromatic nitrogens is 1. The van der Waals surface area contributed by atoms with Crippen LogP contribution in [0.3, 0.4) is 0 Å². The summed E-state index contributed by atoms with van der Waals surface area (Å²) in [4.78, 5) is 4.48. The van der Waals surface area contributed by atoms with Crippen molar-refractivity contribution < 1.29 is 13.2 Å². The second kappa shape index (κ2) is 5.47. The van der Waals surface area contributed by atoms with Gasteiger partial charge in [-0.2, -0.15) is 0 Å². The molecule has 22 heavy (non-hydrogen) atoms. The third kappa shape index (κ3) is 2.73. The van der Waals surface area contributed by atoms with E-state index in [2.05, 4.69) is 4.98 Å². The summed E-state index contributed by atoms with van der Waals surface area (Å²) in [7, 11) is -3.04. The smallest absolute Gasteiger partial charge is 0.274 e. The molecule has 0 atom stereocenters. The molecule has 0 spiro atoms. The van der Waals surface area contributed by atoms with E-state index < -0.39 is 10.0 Å². The Kier molecular flexibility index (Phi) is 3.58. The molecule has 0 amide bonds. The Morgan fingerprint density at radius 2 is 1.86 bits per heavy atom. The summed E-state index contributed by atoms with van der Waals surface area (Å²) in [6.07, 6.45) is 3.19. The van der Waals surface area contributed by atoms with Crippen LogP contribution in [0.15, 0.2) is 24.3 Å². The molecular weight excluding hydrogens is 320 g/mol. The lowest BCUT2D eigenvalue weighted by Gasteiger charge is -2.30. The molecule has 4 rings (SSSR count). The number of benzene rings is 1. The van der Waals surface area contributed by atoms with Gasteiger partial charge in [0.05, 0.1) is 15.5 Å². The maximum Gasteiger partial charge on any atom is 0.274 e. The molecule has 0 unspecified atom stereocenters. The number of para-hydroxylation sites is 1. The zero-order valence-electron chi connectivity index (χ0n) is 12.1. The van der Waals surface area contributed by atoms with Gasteiger partial charge >= 0.3 is 0 Å². The third-order valence-electron chi connectivity index (χ3n) is 4.25. The predicted octanol–water partition coefficient (Wildman–Crippen LogP) is 2.63. The fourth-order valence-corrected chi connectivity index (χ4v) is 5.58. The molecule has 2 fully saturated rings. The minimum atomic E-state index is -3.04. The molecule has 2 aliphatic rings. The highest BCUT2D eigenvalue weighted by Gasteiger charge is 2.41. The summed E-state index contributed by atoms with van der Waals surface area (Å²) < 4.78 is 33.1. The summed E-state index contributed by atoms with van der Waals surface area (Å²) in [5.41, 5.74) is 0.955. The van der Waals surface area contributed by atoms with Gasteiger partial charge in [-0.1, -0.05) is 23.5 Å². The van der Waals surface area contributed by atoms with Crippen LogP contribution in [0.4, 0.5) is 0 Å². The zero-order chi connectivity index (χ0) is 15.2. The molecular formula is C15H18N2O3S2. The van der Waals surface area contributed by atoms with E-state index in [-0.39, 0.29) is 11.4 Å². The Bertz CT molecular complexity index is 742. The van der Waals surface area contributed by atoms with E-state index in [0.717, 1.165) is 35.9 Å². The maximum atomic E-state index is 12.2. The van der Waals surface area contributed by atoms with E-state index in [1.54, 1.807) is 15.6 Å². The van der Waals surface area contributed by atoms with E-state index in [4.69, 9.17) is 4.74 Å². The highest BCUT2D eigenvalue weighted by atomic mass is 32.2. The van der Waals surface area contributed by atoms with Crippen LogP contribution >= 0.6 is 11.3 Å². The summed E-state index contributed by atoms with van der Waals surface area (Å²) >= 11 is 1.55. The molecule has 1 aromatic heterocycles. The van der Waals surface area contributed by atoms with Crippen molar-refractivity contribution in [2.45, 2.75) is 37.0 Å². The fraction of sp³-hybridized carbons (Fsp3) is 0.533. The quantitative estimate of drug-likeness (QED) is 0.860. The van der Waals surface area contributed by atoms with Crippen LogP contribution in [0.2, 0.25) is 0 Å². The van der Waals surface area contributed by atoms with Gasteiger partial charge < -0.3 is 4.74 Å². The molecule has 0 bridgehead atoms. The average molecular weight is 338 g/mol. The monoisotopic (exact) mass is 338 g/mol. The second-order valence-electron chi connectivity index (χ2n) is 5.91. The zero-order valence-corrected chi connectivity index (χ0v) is 13.8. The largest absolute Gasteiger partial charge is 0.467 e. The van der Waals surface area contributed by atoms with Crippen molar-refractivity contribution in [3.8, 4) is 5.19 Å². The van der Waals surface area contributed by atoms with Crippen LogP contribution in [-0.2, 0) is 10.0 Å². The average Bonchev–Trinajstić information content (AvgIpc) is 3.29. The maximum absolute atomic E-state index is 12.2. The SMILES string of the molecule is O=S(=O)(C1CC1)N1CCC(Oc2nc3ccccc3s2)CC1. The van der Waals surface area contributed by atoms with E-state index >= 15 is 0 Å². The number of sulfonamides is 1. The molecule has 1 aliphatic heterocycles. The predicted molar refractivity (Wildman–Crippen MR) is 86.8 cm³/mol. The molecule has 1 saturated carbocycles. The first-order valence-corrected chi connectivity index (χ1v) is 9.96. The van der Waals surface area contributed by atoms with Crippen LogP contribution in [0.5, 0.6) is 5.19 Å². The first kappa shape index (κ1) is 14.4. The van der Waals surface area contributed by atoms with Crippen LogP contribution in [0.25, 0.3) is 10.2 Å². The number of fused-ring (bicyclic) bond motifs is 1. The van der Waals surface area contributed by atoms with Gasteiger partial charge in [-0.05, 0) is 37.8 Å². The molecule has 2 aromatic rings. The van der Waals surface area contributed by atoms with Crippen LogP contribution in [0, 0.1) is 0 Å². The molecule has 0 radical (unpaired) electrons. The summed E-state index contributed by atoms with van der Waals surface area (Å²) in [6, 6.07) is 7.97. The second-order valence-corrected chi connectivity index (χ2v) is 9.11. The summed E-state index contributed by atoms with van der Waals surface area (Å²) in [5.74, 6) is 0. The molecule has 118 valence electrons. The Morgan fingerprint density at radius 1 is 1.14 bits per heavy atom. The Labute approximate surface area is 134 Å². The minimum Gasteiger partial charge on any atom is -0.467 e. The van der Waals surface area contributed by atoms with Crippen molar-refractivity contribution >= 4 is 31.6 Å². The Hall–Kier alpha value is -1.18. The number of ether oxygens (including phenoxy) is 1. The topological polar surface area (TPSA) is 59.5 Å². The van der Waals surface area contributed by atoms with Crippen LogP contribution in [0.1, 0.15) is 25.7 Å². The molecule has 7 heteroatoms. The molecule has 1 saturated heterocycles. The minimum absolute atomic E-state index is 0.0613. The van der Waals surface area contributed by atoms with Crippen molar-refractivity contribution in [1.29, 1.82) is 0 Å². The van der Waals surface area contributed by atoms with Gasteiger partial charge in [0.15, 0.2) is 0 Å². The number of hydrogen-bond donors (Lipinski definition) is 0. The van der Waals surface area contributed by atoms with Gasteiger partial charge in [0.1, 0.15) is 6.10 Å². The van der Waals surface area contributed by atoms with Crippen LogP contribution < -0.4 is 4.74 Å². The first-order chi connectivity index (χ1) is 10.6. The molecule has 5 nitrogen and oxygen atoms in total. The molecule has 2 heterocycles. The third-order valence-corrected chi connectivity index (χ3v) is 7.57. The van der Waals surface area contributed by atoms with E-state index in [1.165, 1.54) is 0 Å². The van der Waals surface area contributed by atoms with Crippen molar-refractivity contribution in [2.75, 3.05) is 13.1 Å². The Morgan fingerprint density at radius 3 is 2.55 bits per heavy atom.